The summed E-state index contributed by atoms with van der Waals surface area (Å²) in [6, 6.07) is 9.71. The minimum atomic E-state index is 0.0505. The molecule has 178 valence electrons. The van der Waals surface area contributed by atoms with E-state index in [1.807, 2.05) is 49.1 Å². The lowest BCUT2D eigenvalue weighted by Gasteiger charge is -2.40. The minimum absolute atomic E-state index is 0.0505. The number of benzene rings is 1. The predicted molar refractivity (Wildman–Crippen MR) is 135 cm³/mol. The second kappa shape index (κ2) is 8.87. The van der Waals surface area contributed by atoms with Crippen molar-refractivity contribution >= 4 is 34.6 Å². The standard InChI is InChI=1S/C25H30N6O2S/c1-17-13-22-26-15-21(18(2)31(22)28-17)23(32)30-12-9-25(16-30)7-10-29(11-8-25)24(34)27-19-5-4-6-20(14-19)33-3/h4-6,13-15H,7-12,16H2,1-3H3,(H,27,34). The van der Waals surface area contributed by atoms with Gasteiger partial charge in [-0.3, -0.25) is 4.79 Å². The highest BCUT2D eigenvalue weighted by atomic mass is 32.1. The number of piperidine rings is 1. The summed E-state index contributed by atoms with van der Waals surface area (Å²) in [5, 5.41) is 8.55. The van der Waals surface area contributed by atoms with Gasteiger partial charge >= 0.3 is 0 Å². The van der Waals surface area contributed by atoms with Crippen LogP contribution in [0.25, 0.3) is 5.65 Å². The number of rotatable bonds is 3. The number of thiocarbonyl (C=S) groups is 1. The van der Waals surface area contributed by atoms with E-state index in [1.54, 1.807) is 17.8 Å². The zero-order chi connectivity index (χ0) is 23.9. The van der Waals surface area contributed by atoms with E-state index in [0.29, 0.717) is 5.56 Å². The van der Waals surface area contributed by atoms with Crippen molar-refractivity contribution in [3.63, 3.8) is 0 Å². The number of amides is 1. The third kappa shape index (κ3) is 4.20. The van der Waals surface area contributed by atoms with Gasteiger partial charge in [0.15, 0.2) is 10.8 Å². The van der Waals surface area contributed by atoms with E-state index in [9.17, 15) is 4.79 Å². The molecule has 0 saturated carbocycles. The zero-order valence-electron chi connectivity index (χ0n) is 19.9. The van der Waals surface area contributed by atoms with Crippen LogP contribution in [0, 0.1) is 19.3 Å². The molecule has 4 heterocycles. The van der Waals surface area contributed by atoms with Crippen LogP contribution in [0.15, 0.2) is 36.5 Å². The number of carbonyl (C=O) groups is 1. The molecule has 0 radical (unpaired) electrons. The molecular weight excluding hydrogens is 448 g/mol. The highest BCUT2D eigenvalue weighted by molar-refractivity contribution is 7.80. The smallest absolute Gasteiger partial charge is 0.257 e. The highest BCUT2D eigenvalue weighted by Gasteiger charge is 2.42. The zero-order valence-corrected chi connectivity index (χ0v) is 20.7. The van der Waals surface area contributed by atoms with E-state index in [2.05, 4.69) is 20.3 Å². The molecule has 0 aliphatic carbocycles. The lowest BCUT2D eigenvalue weighted by atomic mass is 9.78. The average Bonchev–Trinajstić information content (AvgIpc) is 3.43. The number of hydrogen-bond acceptors (Lipinski definition) is 5. The molecule has 8 nitrogen and oxygen atoms in total. The van der Waals surface area contributed by atoms with Crippen LogP contribution < -0.4 is 10.1 Å². The Bertz CT molecular complexity index is 1250. The van der Waals surface area contributed by atoms with Crippen LogP contribution in [0.4, 0.5) is 5.69 Å². The fourth-order valence-corrected chi connectivity index (χ4v) is 5.45. The van der Waals surface area contributed by atoms with Gasteiger partial charge in [0, 0.05) is 50.2 Å². The van der Waals surface area contributed by atoms with Gasteiger partial charge in [-0.05, 0) is 62.9 Å². The van der Waals surface area contributed by atoms with Crippen LogP contribution in [0.3, 0.4) is 0 Å². The maximum absolute atomic E-state index is 13.4. The summed E-state index contributed by atoms with van der Waals surface area (Å²) in [6.07, 6.45) is 4.76. The molecule has 2 aliphatic rings. The number of aromatic nitrogens is 3. The molecule has 34 heavy (non-hydrogen) atoms. The van der Waals surface area contributed by atoms with Gasteiger partial charge in [0.05, 0.1) is 24.1 Å². The number of carbonyl (C=O) groups excluding carboxylic acids is 1. The van der Waals surface area contributed by atoms with E-state index < -0.39 is 0 Å². The highest BCUT2D eigenvalue weighted by Crippen LogP contribution is 2.41. The summed E-state index contributed by atoms with van der Waals surface area (Å²) in [5.41, 5.74) is 4.23. The van der Waals surface area contributed by atoms with Gasteiger partial charge in [-0.2, -0.15) is 5.10 Å². The summed E-state index contributed by atoms with van der Waals surface area (Å²) in [4.78, 5) is 22.0. The molecule has 9 heteroatoms. The Morgan fingerprint density at radius 1 is 1.12 bits per heavy atom. The van der Waals surface area contributed by atoms with Crippen LogP contribution >= 0.6 is 12.2 Å². The third-order valence-electron chi connectivity index (χ3n) is 7.23. The Morgan fingerprint density at radius 3 is 2.59 bits per heavy atom. The normalized spacial score (nSPS) is 17.4. The van der Waals surface area contributed by atoms with Crippen molar-refractivity contribution in [1.82, 2.24) is 24.4 Å². The molecule has 2 saturated heterocycles. The molecule has 1 amide bonds. The molecule has 0 unspecified atom stereocenters. The predicted octanol–water partition coefficient (Wildman–Crippen LogP) is 3.68. The molecule has 0 bridgehead atoms. The second-order valence-electron chi connectivity index (χ2n) is 9.44. The lowest BCUT2D eigenvalue weighted by molar-refractivity contribution is 0.0747. The average molecular weight is 479 g/mol. The number of hydrogen-bond donors (Lipinski definition) is 1. The summed E-state index contributed by atoms with van der Waals surface area (Å²) in [6.45, 7) is 7.21. The van der Waals surface area contributed by atoms with Crippen LogP contribution in [0.1, 0.15) is 41.0 Å². The first-order chi connectivity index (χ1) is 16.4. The quantitative estimate of drug-likeness (QED) is 0.576. The second-order valence-corrected chi connectivity index (χ2v) is 9.83. The van der Waals surface area contributed by atoms with Crippen molar-refractivity contribution in [2.75, 3.05) is 38.6 Å². The van der Waals surface area contributed by atoms with Gasteiger partial charge in [-0.25, -0.2) is 9.50 Å². The summed E-state index contributed by atoms with van der Waals surface area (Å²) >= 11 is 5.68. The minimum Gasteiger partial charge on any atom is -0.497 e. The van der Waals surface area contributed by atoms with Crippen molar-refractivity contribution in [2.24, 2.45) is 5.41 Å². The summed E-state index contributed by atoms with van der Waals surface area (Å²) < 4.78 is 7.07. The molecule has 5 rings (SSSR count). The van der Waals surface area contributed by atoms with E-state index in [-0.39, 0.29) is 11.3 Å². The van der Waals surface area contributed by atoms with Crippen LogP contribution in [-0.4, -0.2) is 68.7 Å². The first-order valence-corrected chi connectivity index (χ1v) is 12.1. The Morgan fingerprint density at radius 2 is 1.85 bits per heavy atom. The fraction of sp³-hybridized carbons (Fsp3) is 0.440. The largest absolute Gasteiger partial charge is 0.497 e. The van der Waals surface area contributed by atoms with Crippen molar-refractivity contribution in [2.45, 2.75) is 33.1 Å². The number of nitrogens with one attached hydrogen (secondary N) is 1. The van der Waals surface area contributed by atoms with Gasteiger partial charge < -0.3 is 19.9 Å². The number of fused-ring (bicyclic) bond motifs is 1. The summed E-state index contributed by atoms with van der Waals surface area (Å²) in [7, 11) is 1.66. The van der Waals surface area contributed by atoms with Gasteiger partial charge in [0.25, 0.3) is 5.91 Å². The van der Waals surface area contributed by atoms with Gasteiger partial charge in [0.1, 0.15) is 5.75 Å². The van der Waals surface area contributed by atoms with Gasteiger partial charge in [-0.15, -0.1) is 0 Å². The lowest BCUT2D eigenvalue weighted by Crippen LogP contribution is -2.46. The van der Waals surface area contributed by atoms with Crippen LogP contribution in [-0.2, 0) is 0 Å². The van der Waals surface area contributed by atoms with E-state index in [0.717, 1.165) is 79.0 Å². The fourth-order valence-electron chi connectivity index (χ4n) is 5.15. The van der Waals surface area contributed by atoms with E-state index >= 15 is 0 Å². The number of aryl methyl sites for hydroxylation is 2. The van der Waals surface area contributed by atoms with Gasteiger partial charge in [-0.1, -0.05) is 6.07 Å². The maximum Gasteiger partial charge on any atom is 0.257 e. The first-order valence-electron chi connectivity index (χ1n) is 11.7. The number of methoxy groups -OCH3 is 1. The summed E-state index contributed by atoms with van der Waals surface area (Å²) in [5.74, 6) is 0.850. The molecule has 1 spiro atoms. The van der Waals surface area contributed by atoms with E-state index in [4.69, 9.17) is 17.0 Å². The van der Waals surface area contributed by atoms with Crippen molar-refractivity contribution in [3.8, 4) is 5.75 Å². The topological polar surface area (TPSA) is 75.0 Å². The number of likely N-dealkylation sites (tertiary alicyclic amines) is 2. The molecule has 0 atom stereocenters. The molecule has 1 N–H and O–H groups in total. The SMILES string of the molecule is COc1cccc(NC(=S)N2CCC3(CCN(C(=O)c4cnc5cc(C)nn5c4C)C3)CC2)c1. The van der Waals surface area contributed by atoms with Crippen LogP contribution in [0.5, 0.6) is 5.75 Å². The Kier molecular flexibility index (Phi) is 5.89. The first kappa shape index (κ1) is 22.6. The Hall–Kier alpha value is -3.20. The molecular formula is C25H30N6O2S. The molecule has 3 aromatic rings. The molecule has 1 aromatic carbocycles. The Labute approximate surface area is 204 Å². The number of anilines is 1. The third-order valence-corrected chi connectivity index (χ3v) is 7.59. The van der Waals surface area contributed by atoms with Crippen molar-refractivity contribution in [1.29, 1.82) is 0 Å². The molecule has 2 fully saturated rings. The number of ether oxygens (including phenoxy) is 1. The Balaban J connectivity index is 1.21. The maximum atomic E-state index is 13.4. The van der Waals surface area contributed by atoms with Gasteiger partial charge in [0.2, 0.25) is 0 Å². The van der Waals surface area contributed by atoms with E-state index in [1.165, 1.54) is 0 Å². The monoisotopic (exact) mass is 478 g/mol. The molecule has 2 aliphatic heterocycles. The molecule has 2 aromatic heterocycles. The van der Waals surface area contributed by atoms with Crippen molar-refractivity contribution < 1.29 is 9.53 Å². The van der Waals surface area contributed by atoms with Crippen LogP contribution in [0.2, 0.25) is 0 Å². The van der Waals surface area contributed by atoms with Crippen molar-refractivity contribution in [3.05, 3.63) is 53.5 Å². The number of nitrogens with zero attached hydrogens (tertiary/aromatic N) is 5.